The van der Waals surface area contributed by atoms with Crippen LogP contribution in [0.4, 0.5) is 5.69 Å². The highest BCUT2D eigenvalue weighted by molar-refractivity contribution is 5.94. The van der Waals surface area contributed by atoms with Gasteiger partial charge in [0.1, 0.15) is 0 Å². The van der Waals surface area contributed by atoms with Crippen molar-refractivity contribution in [2.75, 3.05) is 5.32 Å². The molecule has 94 valence electrons. The maximum Gasteiger partial charge on any atom is 0.209 e. The summed E-state index contributed by atoms with van der Waals surface area (Å²) in [6.07, 6.45) is 1.88. The standard InChI is InChI=1S/C15H14N4/c16-12-18-15(19-14-9-5-2-6-10-14)17-11-13-7-3-1-4-8-13/h1-10H,11H2,(H2,17,18,19). The molecule has 0 bridgehead atoms. The molecule has 4 nitrogen and oxygen atoms in total. The summed E-state index contributed by atoms with van der Waals surface area (Å²) in [6, 6.07) is 19.5. The SMILES string of the molecule is N#CNC(=NCc1ccccc1)Nc1ccccc1. The highest BCUT2D eigenvalue weighted by atomic mass is 15.2. The van der Waals surface area contributed by atoms with E-state index in [9.17, 15) is 0 Å². The van der Waals surface area contributed by atoms with Gasteiger partial charge in [-0.15, -0.1) is 0 Å². The van der Waals surface area contributed by atoms with Crippen LogP contribution in [0.25, 0.3) is 0 Å². The van der Waals surface area contributed by atoms with Crippen molar-refractivity contribution in [3.63, 3.8) is 0 Å². The van der Waals surface area contributed by atoms with Crippen molar-refractivity contribution in [2.45, 2.75) is 6.54 Å². The Balaban J connectivity index is 2.05. The molecule has 2 aromatic carbocycles. The summed E-state index contributed by atoms with van der Waals surface area (Å²) in [5.41, 5.74) is 1.98. The molecule has 0 aliphatic rings. The van der Waals surface area contributed by atoms with Crippen LogP contribution >= 0.6 is 0 Å². The summed E-state index contributed by atoms with van der Waals surface area (Å²) in [5, 5.41) is 14.3. The van der Waals surface area contributed by atoms with E-state index >= 15 is 0 Å². The van der Waals surface area contributed by atoms with E-state index in [0.717, 1.165) is 11.3 Å². The van der Waals surface area contributed by atoms with Gasteiger partial charge in [0.15, 0.2) is 6.19 Å². The molecular formula is C15H14N4. The number of hydrogen-bond donors (Lipinski definition) is 2. The fourth-order valence-electron chi connectivity index (χ4n) is 1.58. The minimum absolute atomic E-state index is 0.442. The van der Waals surface area contributed by atoms with Gasteiger partial charge < -0.3 is 5.32 Å². The second kappa shape index (κ2) is 6.82. The Bertz CT molecular complexity index is 570. The Morgan fingerprint density at radius 1 is 1.00 bits per heavy atom. The molecule has 19 heavy (non-hydrogen) atoms. The van der Waals surface area contributed by atoms with Gasteiger partial charge in [0.2, 0.25) is 5.96 Å². The van der Waals surface area contributed by atoms with Crippen molar-refractivity contribution in [1.82, 2.24) is 5.32 Å². The largest absolute Gasteiger partial charge is 0.326 e. The molecule has 0 radical (unpaired) electrons. The summed E-state index contributed by atoms with van der Waals surface area (Å²) in [5.74, 6) is 0.442. The smallest absolute Gasteiger partial charge is 0.209 e. The monoisotopic (exact) mass is 250 g/mol. The quantitative estimate of drug-likeness (QED) is 0.381. The molecule has 0 amide bonds. The average molecular weight is 250 g/mol. The minimum Gasteiger partial charge on any atom is -0.326 e. The van der Waals surface area contributed by atoms with Gasteiger partial charge >= 0.3 is 0 Å². The molecule has 0 atom stereocenters. The lowest BCUT2D eigenvalue weighted by molar-refractivity contribution is 1.04. The van der Waals surface area contributed by atoms with Crippen LogP contribution in [-0.2, 0) is 6.54 Å². The van der Waals surface area contributed by atoms with Crippen LogP contribution in [0.3, 0.4) is 0 Å². The third kappa shape index (κ3) is 4.17. The number of hydrogen-bond acceptors (Lipinski definition) is 2. The zero-order valence-corrected chi connectivity index (χ0v) is 10.4. The van der Waals surface area contributed by atoms with Crippen LogP contribution < -0.4 is 10.6 Å². The first kappa shape index (κ1) is 12.7. The van der Waals surface area contributed by atoms with E-state index < -0.39 is 0 Å². The number of aliphatic imine (C=N–C) groups is 1. The van der Waals surface area contributed by atoms with Crippen LogP contribution in [0.15, 0.2) is 65.7 Å². The molecule has 0 aliphatic carbocycles. The maximum atomic E-state index is 8.73. The molecule has 0 unspecified atom stereocenters. The zero-order chi connectivity index (χ0) is 13.3. The number of para-hydroxylation sites is 1. The second-order valence-electron chi connectivity index (χ2n) is 3.88. The zero-order valence-electron chi connectivity index (χ0n) is 10.4. The van der Waals surface area contributed by atoms with E-state index in [1.165, 1.54) is 0 Å². The van der Waals surface area contributed by atoms with Crippen molar-refractivity contribution < 1.29 is 0 Å². The van der Waals surface area contributed by atoms with Gasteiger partial charge in [0.05, 0.1) is 6.54 Å². The van der Waals surface area contributed by atoms with Crippen LogP contribution in [0.1, 0.15) is 5.56 Å². The Morgan fingerprint density at radius 2 is 1.63 bits per heavy atom. The molecule has 2 aromatic rings. The fraction of sp³-hybridized carbons (Fsp3) is 0.0667. The van der Waals surface area contributed by atoms with Crippen molar-refractivity contribution in [3.8, 4) is 6.19 Å². The van der Waals surface area contributed by atoms with Crippen LogP contribution in [0.5, 0.6) is 0 Å². The van der Waals surface area contributed by atoms with Crippen LogP contribution in [0.2, 0.25) is 0 Å². The molecular weight excluding hydrogens is 236 g/mol. The van der Waals surface area contributed by atoms with Crippen molar-refractivity contribution >= 4 is 11.6 Å². The molecule has 4 heteroatoms. The van der Waals surface area contributed by atoms with Gasteiger partial charge in [0, 0.05) is 5.69 Å². The number of anilines is 1. The summed E-state index contributed by atoms with van der Waals surface area (Å²) < 4.78 is 0. The van der Waals surface area contributed by atoms with Crippen LogP contribution in [0, 0.1) is 11.5 Å². The first-order chi connectivity index (χ1) is 9.38. The number of nitrogens with zero attached hydrogens (tertiary/aromatic N) is 2. The highest BCUT2D eigenvalue weighted by Crippen LogP contribution is 2.05. The Labute approximate surface area is 112 Å². The van der Waals surface area contributed by atoms with E-state index in [0.29, 0.717) is 12.5 Å². The van der Waals surface area contributed by atoms with Gasteiger partial charge in [0.25, 0.3) is 0 Å². The average Bonchev–Trinajstić information content (AvgIpc) is 2.47. The summed E-state index contributed by atoms with van der Waals surface area (Å²) in [7, 11) is 0. The van der Waals surface area contributed by atoms with Crippen molar-refractivity contribution in [1.29, 1.82) is 5.26 Å². The lowest BCUT2D eigenvalue weighted by atomic mass is 10.2. The number of benzene rings is 2. The van der Waals surface area contributed by atoms with Crippen molar-refractivity contribution in [3.05, 3.63) is 66.2 Å². The van der Waals surface area contributed by atoms with Gasteiger partial charge in [-0.25, -0.2) is 4.99 Å². The van der Waals surface area contributed by atoms with E-state index in [1.807, 2.05) is 66.9 Å². The van der Waals surface area contributed by atoms with Gasteiger partial charge in [-0.1, -0.05) is 48.5 Å². The molecule has 0 spiro atoms. The van der Waals surface area contributed by atoms with E-state index in [1.54, 1.807) is 0 Å². The number of rotatable bonds is 3. The van der Waals surface area contributed by atoms with E-state index in [4.69, 9.17) is 5.26 Å². The Morgan fingerprint density at radius 3 is 2.26 bits per heavy atom. The summed E-state index contributed by atoms with van der Waals surface area (Å²) in [4.78, 5) is 4.35. The number of nitrogens with one attached hydrogen (secondary N) is 2. The molecule has 0 aromatic heterocycles. The molecule has 0 aliphatic heterocycles. The lowest BCUT2D eigenvalue weighted by Gasteiger charge is -2.07. The number of nitriles is 1. The second-order valence-corrected chi connectivity index (χ2v) is 3.88. The van der Waals surface area contributed by atoms with E-state index in [-0.39, 0.29) is 0 Å². The third-order valence-electron chi connectivity index (χ3n) is 2.47. The molecule has 2 N–H and O–H groups in total. The van der Waals surface area contributed by atoms with E-state index in [2.05, 4.69) is 15.6 Å². The molecule has 0 heterocycles. The van der Waals surface area contributed by atoms with Gasteiger partial charge in [-0.2, -0.15) is 5.26 Å². The Kier molecular flexibility index (Phi) is 4.54. The molecule has 0 fully saturated rings. The first-order valence-corrected chi connectivity index (χ1v) is 5.94. The van der Waals surface area contributed by atoms with Crippen LogP contribution in [-0.4, -0.2) is 5.96 Å². The van der Waals surface area contributed by atoms with Gasteiger partial charge in [-0.05, 0) is 17.7 Å². The molecule has 0 saturated carbocycles. The Hall–Kier alpha value is -2.80. The third-order valence-corrected chi connectivity index (χ3v) is 2.47. The maximum absolute atomic E-state index is 8.73. The topological polar surface area (TPSA) is 60.2 Å². The number of guanidine groups is 1. The van der Waals surface area contributed by atoms with Crippen molar-refractivity contribution in [2.24, 2.45) is 4.99 Å². The normalized spacial score (nSPS) is 10.6. The van der Waals surface area contributed by atoms with Gasteiger partial charge in [-0.3, -0.25) is 5.32 Å². The molecule has 0 saturated heterocycles. The minimum atomic E-state index is 0.442. The summed E-state index contributed by atoms with van der Waals surface area (Å²) in [6.45, 7) is 0.519. The lowest BCUT2D eigenvalue weighted by Crippen LogP contribution is -2.26. The highest BCUT2D eigenvalue weighted by Gasteiger charge is 1.98. The summed E-state index contributed by atoms with van der Waals surface area (Å²) >= 11 is 0. The molecule has 2 rings (SSSR count). The fourth-order valence-corrected chi connectivity index (χ4v) is 1.58. The predicted molar refractivity (Wildman–Crippen MR) is 76.4 cm³/mol. The predicted octanol–water partition coefficient (Wildman–Crippen LogP) is 2.73. The first-order valence-electron chi connectivity index (χ1n) is 5.94.